The molecule has 1 aliphatic rings. The predicted molar refractivity (Wildman–Crippen MR) is 140 cm³/mol. The van der Waals surface area contributed by atoms with Crippen molar-refractivity contribution in [2.24, 2.45) is 11.8 Å². The van der Waals surface area contributed by atoms with Gasteiger partial charge < -0.3 is 25.0 Å². The third-order valence-electron chi connectivity index (χ3n) is 6.09. The minimum Gasteiger partial charge on any atom is -0.497 e. The molecule has 2 N–H and O–H groups in total. The third kappa shape index (κ3) is 7.87. The first-order valence-corrected chi connectivity index (χ1v) is 12.0. The lowest BCUT2D eigenvalue weighted by Crippen LogP contribution is -2.49. The van der Waals surface area contributed by atoms with E-state index >= 15 is 0 Å². The summed E-state index contributed by atoms with van der Waals surface area (Å²) in [6.45, 7) is 6.69. The fourth-order valence-electron chi connectivity index (χ4n) is 4.48. The average Bonchev–Trinajstić information content (AvgIpc) is 2.84. The number of methoxy groups -OCH3 is 2. The molecule has 0 aromatic heterocycles. The topological polar surface area (TPSA) is 79.9 Å². The summed E-state index contributed by atoms with van der Waals surface area (Å²) in [5, 5.41) is 6.45. The molecule has 1 aliphatic heterocycles. The largest absolute Gasteiger partial charge is 0.497 e. The van der Waals surface area contributed by atoms with E-state index in [0.29, 0.717) is 44.0 Å². The van der Waals surface area contributed by atoms with Crippen molar-refractivity contribution in [2.75, 3.05) is 33.9 Å². The molecular weight excluding hydrogens is 466 g/mol. The lowest BCUT2D eigenvalue weighted by molar-refractivity contribution is -0.144. The Kier molecular flexibility index (Phi) is 11.3. The Balaban J connectivity index is 0.00000432. The van der Waals surface area contributed by atoms with Crippen LogP contribution in [0.3, 0.4) is 0 Å². The Morgan fingerprint density at radius 1 is 1.06 bits per heavy atom. The molecule has 1 heterocycles. The Morgan fingerprint density at radius 2 is 1.71 bits per heavy atom. The van der Waals surface area contributed by atoms with Crippen LogP contribution >= 0.6 is 12.4 Å². The highest BCUT2D eigenvalue weighted by Crippen LogP contribution is 2.40. The van der Waals surface area contributed by atoms with Gasteiger partial charge in [-0.3, -0.25) is 9.59 Å². The van der Waals surface area contributed by atoms with Gasteiger partial charge in [0.1, 0.15) is 11.5 Å². The van der Waals surface area contributed by atoms with E-state index < -0.39 is 0 Å². The van der Waals surface area contributed by atoms with E-state index in [1.807, 2.05) is 35.2 Å². The summed E-state index contributed by atoms with van der Waals surface area (Å²) in [6.07, 6.45) is 0.884. The molecule has 1 saturated heterocycles. The summed E-state index contributed by atoms with van der Waals surface area (Å²) in [6, 6.07) is 15.4. The highest BCUT2D eigenvalue weighted by Gasteiger charge is 2.41. The molecule has 2 aromatic rings. The van der Waals surface area contributed by atoms with Crippen LogP contribution in [0.5, 0.6) is 11.5 Å². The first-order valence-electron chi connectivity index (χ1n) is 12.0. The van der Waals surface area contributed by atoms with Crippen molar-refractivity contribution in [3.8, 4) is 11.5 Å². The second-order valence-electron chi connectivity index (χ2n) is 9.13. The van der Waals surface area contributed by atoms with Crippen molar-refractivity contribution in [1.82, 2.24) is 15.5 Å². The number of ether oxygens (including phenoxy) is 2. The monoisotopic (exact) mass is 503 g/mol. The van der Waals surface area contributed by atoms with Crippen molar-refractivity contribution in [2.45, 2.75) is 39.3 Å². The van der Waals surface area contributed by atoms with Crippen molar-refractivity contribution < 1.29 is 19.1 Å². The number of hydrogen-bond donors (Lipinski definition) is 2. The third-order valence-corrected chi connectivity index (χ3v) is 6.09. The standard InChI is InChI=1S/C27H37N3O4.ClH/c1-19(2)18-30-25(31)11-10-24(26(30)21-14-22(33-3)16-23(15-21)34-4)27(32)29-13-12-28-17-20-8-6-5-7-9-20;/h5-9,14-16,19,24,26,28H,10-13,17-18H2,1-4H3,(H,29,32);1H/t24-,26+;/m0./s1. The van der Waals surface area contributed by atoms with Crippen LogP contribution < -0.4 is 20.1 Å². The molecule has 0 spiro atoms. The maximum atomic E-state index is 13.3. The van der Waals surface area contributed by atoms with Crippen LogP contribution in [0.1, 0.15) is 43.9 Å². The molecule has 0 aliphatic carbocycles. The van der Waals surface area contributed by atoms with E-state index in [0.717, 1.165) is 12.1 Å². The molecule has 1 fully saturated rings. The Bertz CT molecular complexity index is 932. The van der Waals surface area contributed by atoms with Crippen molar-refractivity contribution in [1.29, 1.82) is 0 Å². The lowest BCUT2D eigenvalue weighted by atomic mass is 9.83. The quantitative estimate of drug-likeness (QED) is 0.454. The van der Waals surface area contributed by atoms with Crippen LogP contribution in [0.4, 0.5) is 0 Å². The zero-order chi connectivity index (χ0) is 24.5. The van der Waals surface area contributed by atoms with Gasteiger partial charge >= 0.3 is 0 Å². The molecule has 0 saturated carbocycles. The number of benzene rings is 2. The SMILES string of the molecule is COc1cc(OC)cc([C@@H]2[C@@H](C(=O)NCCNCc3ccccc3)CCC(=O)N2CC(C)C)c1.Cl. The van der Waals surface area contributed by atoms with Gasteiger partial charge in [-0.1, -0.05) is 44.2 Å². The number of piperidine rings is 1. The number of halogens is 1. The fraction of sp³-hybridized carbons (Fsp3) is 0.481. The van der Waals surface area contributed by atoms with Gasteiger partial charge in [-0.2, -0.15) is 0 Å². The van der Waals surface area contributed by atoms with Crippen LogP contribution in [-0.4, -0.2) is 50.6 Å². The van der Waals surface area contributed by atoms with Crippen molar-refractivity contribution in [3.05, 3.63) is 59.7 Å². The maximum absolute atomic E-state index is 13.3. The first-order chi connectivity index (χ1) is 16.4. The Morgan fingerprint density at radius 3 is 2.31 bits per heavy atom. The number of hydrogen-bond acceptors (Lipinski definition) is 5. The summed E-state index contributed by atoms with van der Waals surface area (Å²) in [7, 11) is 3.20. The maximum Gasteiger partial charge on any atom is 0.225 e. The molecule has 2 amide bonds. The molecule has 2 aromatic carbocycles. The number of carbonyl (C=O) groups is 2. The number of likely N-dealkylation sites (tertiary alicyclic amines) is 1. The highest BCUT2D eigenvalue weighted by atomic mass is 35.5. The molecule has 7 nitrogen and oxygen atoms in total. The summed E-state index contributed by atoms with van der Waals surface area (Å²) >= 11 is 0. The molecule has 3 rings (SSSR count). The number of amides is 2. The van der Waals surface area contributed by atoms with E-state index in [1.165, 1.54) is 5.56 Å². The molecule has 0 bridgehead atoms. The lowest BCUT2D eigenvalue weighted by Gasteiger charge is -2.42. The van der Waals surface area contributed by atoms with Crippen LogP contribution in [0.2, 0.25) is 0 Å². The summed E-state index contributed by atoms with van der Waals surface area (Å²) in [4.78, 5) is 28.1. The molecular formula is C27H38ClN3O4. The van der Waals surface area contributed by atoms with Gasteiger partial charge in [-0.25, -0.2) is 0 Å². The van der Waals surface area contributed by atoms with E-state index in [2.05, 4.69) is 36.6 Å². The van der Waals surface area contributed by atoms with Crippen molar-refractivity contribution in [3.63, 3.8) is 0 Å². The van der Waals surface area contributed by atoms with E-state index in [9.17, 15) is 9.59 Å². The Labute approximate surface area is 215 Å². The molecule has 192 valence electrons. The predicted octanol–water partition coefficient (Wildman–Crippen LogP) is 3.97. The fourth-order valence-corrected chi connectivity index (χ4v) is 4.48. The van der Waals surface area contributed by atoms with E-state index in [4.69, 9.17) is 9.47 Å². The van der Waals surface area contributed by atoms with Gasteiger partial charge in [0.05, 0.1) is 26.2 Å². The van der Waals surface area contributed by atoms with Gasteiger partial charge in [0, 0.05) is 38.7 Å². The minimum absolute atomic E-state index is 0. The van der Waals surface area contributed by atoms with Gasteiger partial charge in [-0.15, -0.1) is 12.4 Å². The van der Waals surface area contributed by atoms with Crippen LogP contribution in [0.15, 0.2) is 48.5 Å². The molecule has 0 radical (unpaired) electrons. The zero-order valence-corrected chi connectivity index (χ0v) is 21.9. The minimum atomic E-state index is -0.370. The molecule has 0 unspecified atom stereocenters. The number of rotatable bonds is 11. The molecule has 35 heavy (non-hydrogen) atoms. The number of nitrogens with zero attached hydrogens (tertiary/aromatic N) is 1. The highest BCUT2D eigenvalue weighted by molar-refractivity contribution is 5.85. The normalized spacial score (nSPS) is 17.6. The van der Waals surface area contributed by atoms with Gasteiger partial charge in [0.15, 0.2) is 0 Å². The second kappa shape index (κ2) is 14.0. The smallest absolute Gasteiger partial charge is 0.225 e. The summed E-state index contributed by atoms with van der Waals surface area (Å²) in [5.41, 5.74) is 2.06. The van der Waals surface area contributed by atoms with Crippen LogP contribution in [0.25, 0.3) is 0 Å². The van der Waals surface area contributed by atoms with Gasteiger partial charge in [-0.05, 0) is 35.6 Å². The van der Waals surface area contributed by atoms with E-state index in [1.54, 1.807) is 20.3 Å². The molecule has 8 heteroatoms. The van der Waals surface area contributed by atoms with Gasteiger partial charge in [0.25, 0.3) is 0 Å². The zero-order valence-electron chi connectivity index (χ0n) is 21.1. The summed E-state index contributed by atoms with van der Waals surface area (Å²) in [5.74, 6) is 1.26. The van der Waals surface area contributed by atoms with Crippen LogP contribution in [-0.2, 0) is 16.1 Å². The Hall–Kier alpha value is -2.77. The average molecular weight is 504 g/mol. The first kappa shape index (κ1) is 28.5. The summed E-state index contributed by atoms with van der Waals surface area (Å²) < 4.78 is 10.9. The number of nitrogens with one attached hydrogen (secondary N) is 2. The van der Waals surface area contributed by atoms with Crippen molar-refractivity contribution >= 4 is 24.2 Å². The van der Waals surface area contributed by atoms with Gasteiger partial charge in [0.2, 0.25) is 11.8 Å². The van der Waals surface area contributed by atoms with E-state index in [-0.39, 0.29) is 42.1 Å². The second-order valence-corrected chi connectivity index (χ2v) is 9.13. The number of carbonyl (C=O) groups excluding carboxylic acids is 2. The molecule has 2 atom stereocenters. The van der Waals surface area contributed by atoms with Crippen LogP contribution in [0, 0.1) is 11.8 Å².